The van der Waals surface area contributed by atoms with Gasteiger partial charge >= 0.3 is 0 Å². The number of hydrogen-bond acceptors (Lipinski definition) is 3. The molecule has 0 aliphatic heterocycles. The number of nitrogens with two attached hydrogens (primary N) is 1. The Morgan fingerprint density at radius 3 is 2.38 bits per heavy atom. The van der Waals surface area contributed by atoms with E-state index in [4.69, 9.17) is 5.73 Å². The van der Waals surface area contributed by atoms with Gasteiger partial charge in [0.2, 0.25) is 0 Å². The lowest BCUT2D eigenvalue weighted by atomic mass is 10.2. The van der Waals surface area contributed by atoms with Gasteiger partial charge in [0.05, 0.1) is 6.21 Å². The third kappa shape index (κ3) is 2.91. The zero-order chi connectivity index (χ0) is 15.7. The minimum atomic E-state index is -0.221. The van der Waals surface area contributed by atoms with Crippen LogP contribution in [-0.4, -0.2) is 15.5 Å². The van der Waals surface area contributed by atoms with Gasteiger partial charge in [-0.25, -0.2) is 0 Å². The number of hydrogen-bond donors (Lipinski definition) is 1. The summed E-state index contributed by atoms with van der Waals surface area (Å²) >= 11 is 0. The summed E-state index contributed by atoms with van der Waals surface area (Å²) < 4.78 is 3.46. The molecular formula is C16H22N4O. The number of pyridine rings is 1. The molecule has 0 unspecified atom stereocenters. The molecule has 5 nitrogen and oxygen atoms in total. The lowest BCUT2D eigenvalue weighted by Gasteiger charge is -2.13. The Labute approximate surface area is 124 Å². The zero-order valence-electron chi connectivity index (χ0n) is 13.2. The van der Waals surface area contributed by atoms with Gasteiger partial charge < -0.3 is 10.3 Å². The maximum Gasteiger partial charge on any atom is 0.273 e. The topological polar surface area (TPSA) is 65.3 Å². The summed E-state index contributed by atoms with van der Waals surface area (Å²) in [5.74, 6) is 0.342. The molecule has 5 heteroatoms. The first-order chi connectivity index (χ1) is 9.81. The van der Waals surface area contributed by atoms with E-state index in [2.05, 4.69) is 43.4 Å². The molecule has 0 saturated carbocycles. The molecule has 0 aromatic carbocycles. The van der Waals surface area contributed by atoms with Gasteiger partial charge in [0, 0.05) is 29.1 Å². The lowest BCUT2D eigenvalue weighted by Crippen LogP contribution is -2.19. The van der Waals surface area contributed by atoms with Crippen LogP contribution in [0.4, 0.5) is 5.82 Å². The van der Waals surface area contributed by atoms with Crippen LogP contribution >= 0.6 is 0 Å². The number of rotatable bonds is 3. The van der Waals surface area contributed by atoms with Gasteiger partial charge in [0.1, 0.15) is 5.82 Å². The summed E-state index contributed by atoms with van der Waals surface area (Å²) in [5.41, 5.74) is 9.76. The van der Waals surface area contributed by atoms with Crippen molar-refractivity contribution < 1.29 is 0 Å². The van der Waals surface area contributed by atoms with Crippen LogP contribution in [0, 0.1) is 20.8 Å². The molecule has 0 aliphatic carbocycles. The number of nitrogen functional groups attached to an aromatic ring is 1. The Kier molecular flexibility index (Phi) is 4.02. The van der Waals surface area contributed by atoms with Crippen molar-refractivity contribution in [3.8, 4) is 0 Å². The SMILES string of the molecule is Cc1cc(N)n(/N=C\c2cc(C)n(C(C)C)c2C)c(=O)c1. The second-order valence-electron chi connectivity index (χ2n) is 5.64. The molecule has 2 heterocycles. The molecule has 0 saturated heterocycles. The monoisotopic (exact) mass is 286 g/mol. The molecule has 0 spiro atoms. The summed E-state index contributed by atoms with van der Waals surface area (Å²) in [4.78, 5) is 11.9. The Bertz CT molecular complexity index is 750. The number of aryl methyl sites for hydroxylation is 2. The molecule has 2 aromatic rings. The van der Waals surface area contributed by atoms with E-state index in [0.29, 0.717) is 11.9 Å². The molecule has 0 bridgehead atoms. The van der Waals surface area contributed by atoms with Crippen molar-refractivity contribution in [1.82, 2.24) is 9.24 Å². The molecular weight excluding hydrogens is 264 g/mol. The van der Waals surface area contributed by atoms with E-state index in [0.717, 1.165) is 16.8 Å². The fourth-order valence-corrected chi connectivity index (χ4v) is 2.69. The van der Waals surface area contributed by atoms with Crippen LogP contribution in [0.1, 0.15) is 42.4 Å². The van der Waals surface area contributed by atoms with Crippen LogP contribution < -0.4 is 11.3 Å². The van der Waals surface area contributed by atoms with Crippen LogP contribution in [0.3, 0.4) is 0 Å². The van der Waals surface area contributed by atoms with Gasteiger partial charge in [-0.2, -0.15) is 9.78 Å². The van der Waals surface area contributed by atoms with E-state index >= 15 is 0 Å². The molecule has 2 rings (SSSR count). The van der Waals surface area contributed by atoms with Gasteiger partial charge in [-0.15, -0.1) is 0 Å². The van der Waals surface area contributed by atoms with E-state index in [9.17, 15) is 4.79 Å². The molecule has 0 radical (unpaired) electrons. The van der Waals surface area contributed by atoms with E-state index < -0.39 is 0 Å². The average Bonchev–Trinajstić information content (AvgIpc) is 2.62. The molecule has 2 aromatic heterocycles. The lowest BCUT2D eigenvalue weighted by molar-refractivity contribution is 0.574. The van der Waals surface area contributed by atoms with Crippen molar-refractivity contribution in [3.63, 3.8) is 0 Å². The van der Waals surface area contributed by atoms with E-state index in [1.54, 1.807) is 12.3 Å². The highest BCUT2D eigenvalue weighted by Gasteiger charge is 2.10. The van der Waals surface area contributed by atoms with Gasteiger partial charge in [-0.1, -0.05) is 0 Å². The Hall–Kier alpha value is -2.30. The van der Waals surface area contributed by atoms with Gasteiger partial charge in [0.15, 0.2) is 0 Å². The maximum absolute atomic E-state index is 11.9. The van der Waals surface area contributed by atoms with Crippen molar-refractivity contribution in [2.75, 3.05) is 5.73 Å². The highest BCUT2D eigenvalue weighted by Crippen LogP contribution is 2.18. The number of nitrogens with zero attached hydrogens (tertiary/aromatic N) is 3. The van der Waals surface area contributed by atoms with Crippen LogP contribution in [0.25, 0.3) is 0 Å². The number of anilines is 1. The second-order valence-corrected chi connectivity index (χ2v) is 5.64. The Morgan fingerprint density at radius 2 is 1.86 bits per heavy atom. The largest absolute Gasteiger partial charge is 0.384 e. The van der Waals surface area contributed by atoms with Gasteiger partial charge in [-0.05, 0) is 52.3 Å². The van der Waals surface area contributed by atoms with Crippen LogP contribution in [-0.2, 0) is 0 Å². The Balaban J connectivity index is 2.44. The summed E-state index contributed by atoms with van der Waals surface area (Å²) in [6, 6.07) is 5.70. The van der Waals surface area contributed by atoms with Crippen LogP contribution in [0.5, 0.6) is 0 Å². The van der Waals surface area contributed by atoms with E-state index in [1.807, 2.05) is 6.92 Å². The first kappa shape index (κ1) is 15.1. The predicted molar refractivity (Wildman–Crippen MR) is 87.1 cm³/mol. The van der Waals surface area contributed by atoms with Crippen LogP contribution in [0.15, 0.2) is 28.1 Å². The third-order valence-electron chi connectivity index (χ3n) is 3.53. The summed E-state index contributed by atoms with van der Waals surface area (Å²) in [5, 5.41) is 4.23. The molecule has 2 N–H and O–H groups in total. The van der Waals surface area contributed by atoms with Crippen molar-refractivity contribution in [1.29, 1.82) is 0 Å². The molecule has 112 valence electrons. The smallest absolute Gasteiger partial charge is 0.273 e. The summed E-state index contributed by atoms with van der Waals surface area (Å²) in [6.45, 7) is 10.2. The molecule has 0 fully saturated rings. The van der Waals surface area contributed by atoms with Crippen LogP contribution in [0.2, 0.25) is 0 Å². The number of aromatic nitrogens is 2. The minimum Gasteiger partial charge on any atom is -0.384 e. The van der Waals surface area contributed by atoms with Crippen molar-refractivity contribution in [3.05, 3.63) is 51.1 Å². The highest BCUT2D eigenvalue weighted by molar-refractivity contribution is 5.81. The first-order valence-corrected chi connectivity index (χ1v) is 7.03. The maximum atomic E-state index is 11.9. The van der Waals surface area contributed by atoms with E-state index in [1.165, 1.54) is 16.4 Å². The normalized spacial score (nSPS) is 11.7. The quantitative estimate of drug-likeness (QED) is 0.881. The predicted octanol–water partition coefficient (Wildman–Crippen LogP) is 2.62. The second kappa shape index (κ2) is 5.60. The standard InChI is InChI=1S/C16H22N4O/c1-10(2)19-12(4)8-14(13(19)5)9-18-20-15(17)6-11(3)7-16(20)21/h6-10H,17H2,1-5H3/b18-9-. The zero-order valence-corrected chi connectivity index (χ0v) is 13.2. The molecule has 0 atom stereocenters. The highest BCUT2D eigenvalue weighted by atomic mass is 16.1. The molecule has 0 amide bonds. The molecule has 0 aliphatic rings. The summed E-state index contributed by atoms with van der Waals surface area (Å²) in [6.07, 6.45) is 1.69. The van der Waals surface area contributed by atoms with Crippen molar-refractivity contribution in [2.24, 2.45) is 5.10 Å². The fraction of sp³-hybridized carbons (Fsp3) is 0.375. The van der Waals surface area contributed by atoms with Crippen molar-refractivity contribution in [2.45, 2.75) is 40.7 Å². The average molecular weight is 286 g/mol. The summed E-state index contributed by atoms with van der Waals surface area (Å²) in [7, 11) is 0. The Morgan fingerprint density at radius 1 is 1.19 bits per heavy atom. The first-order valence-electron chi connectivity index (χ1n) is 7.03. The van der Waals surface area contributed by atoms with E-state index in [-0.39, 0.29) is 5.56 Å². The van der Waals surface area contributed by atoms with Crippen molar-refractivity contribution >= 4 is 12.0 Å². The minimum absolute atomic E-state index is 0.221. The third-order valence-corrected chi connectivity index (χ3v) is 3.53. The molecule has 21 heavy (non-hydrogen) atoms. The van der Waals surface area contributed by atoms with Gasteiger partial charge in [-0.3, -0.25) is 4.79 Å². The van der Waals surface area contributed by atoms with Gasteiger partial charge in [0.25, 0.3) is 5.56 Å². The fourth-order valence-electron chi connectivity index (χ4n) is 2.69.